The van der Waals surface area contributed by atoms with Gasteiger partial charge in [0.05, 0.1) is 6.21 Å². The minimum absolute atomic E-state index is 0.478. The predicted molar refractivity (Wildman–Crippen MR) is 75.7 cm³/mol. The van der Waals surface area contributed by atoms with E-state index in [4.69, 9.17) is 12.2 Å². The molecule has 0 spiro atoms. The molecule has 5 heteroatoms. The number of benzene rings is 1. The van der Waals surface area contributed by atoms with Crippen LogP contribution in [0, 0.1) is 0 Å². The molecule has 0 aromatic heterocycles. The zero-order chi connectivity index (χ0) is 11.8. The summed E-state index contributed by atoms with van der Waals surface area (Å²) in [5.41, 5.74) is 3.71. The summed E-state index contributed by atoms with van der Waals surface area (Å²) in [5.74, 6) is 0. The Morgan fingerprint density at radius 2 is 2.38 bits per heavy atom. The lowest BCUT2D eigenvalue weighted by Crippen LogP contribution is -2.31. The average molecular weight is 298 g/mol. The van der Waals surface area contributed by atoms with Crippen LogP contribution in [0.1, 0.15) is 5.56 Å². The lowest BCUT2D eigenvalue weighted by molar-refractivity contribution is 0.942. The van der Waals surface area contributed by atoms with Gasteiger partial charge in [-0.2, -0.15) is 5.10 Å². The highest BCUT2D eigenvalue weighted by Crippen LogP contribution is 2.09. The van der Waals surface area contributed by atoms with Crippen molar-refractivity contribution in [3.8, 4) is 0 Å². The molecule has 0 heterocycles. The number of thiocarbonyl (C=S) groups is 1. The Labute approximate surface area is 109 Å². The van der Waals surface area contributed by atoms with Crippen LogP contribution >= 0.6 is 28.1 Å². The van der Waals surface area contributed by atoms with Crippen LogP contribution < -0.4 is 10.7 Å². The number of hydrazone groups is 1. The van der Waals surface area contributed by atoms with E-state index in [1.54, 1.807) is 12.3 Å². The summed E-state index contributed by atoms with van der Waals surface area (Å²) in [5, 5.41) is 7.39. The van der Waals surface area contributed by atoms with Crippen LogP contribution in [0.4, 0.5) is 0 Å². The lowest BCUT2D eigenvalue weighted by atomic mass is 10.2. The maximum Gasteiger partial charge on any atom is 0.187 e. The van der Waals surface area contributed by atoms with Crippen LogP contribution in [0.15, 0.2) is 46.5 Å². The summed E-state index contributed by atoms with van der Waals surface area (Å²) < 4.78 is 1.02. The van der Waals surface area contributed by atoms with Gasteiger partial charge in [-0.05, 0) is 29.9 Å². The van der Waals surface area contributed by atoms with Gasteiger partial charge < -0.3 is 5.32 Å². The maximum absolute atomic E-state index is 4.97. The van der Waals surface area contributed by atoms with Crippen molar-refractivity contribution in [2.75, 3.05) is 6.54 Å². The van der Waals surface area contributed by atoms with Crippen LogP contribution in [-0.2, 0) is 0 Å². The first-order valence-corrected chi connectivity index (χ1v) is 5.86. The maximum atomic E-state index is 4.97. The van der Waals surface area contributed by atoms with Crippen molar-refractivity contribution >= 4 is 39.5 Å². The molecule has 0 fully saturated rings. The van der Waals surface area contributed by atoms with Gasteiger partial charge in [0.2, 0.25) is 0 Å². The molecule has 0 radical (unpaired) electrons. The molecule has 0 aliphatic heterocycles. The van der Waals surface area contributed by atoms with Gasteiger partial charge in [0.1, 0.15) is 0 Å². The zero-order valence-corrected chi connectivity index (χ0v) is 11.0. The van der Waals surface area contributed by atoms with E-state index < -0.39 is 0 Å². The molecule has 2 N–H and O–H groups in total. The van der Waals surface area contributed by atoms with E-state index in [0.717, 1.165) is 10.0 Å². The molecule has 0 saturated heterocycles. The number of hydrogen-bond acceptors (Lipinski definition) is 2. The quantitative estimate of drug-likeness (QED) is 0.388. The Morgan fingerprint density at radius 3 is 3.06 bits per heavy atom. The highest BCUT2D eigenvalue weighted by atomic mass is 79.9. The van der Waals surface area contributed by atoms with Crippen molar-refractivity contribution in [1.82, 2.24) is 10.7 Å². The Hall–Kier alpha value is -1.20. The van der Waals surface area contributed by atoms with Gasteiger partial charge in [-0.3, -0.25) is 5.43 Å². The van der Waals surface area contributed by atoms with Crippen molar-refractivity contribution in [3.05, 3.63) is 47.0 Å². The molecule has 84 valence electrons. The van der Waals surface area contributed by atoms with E-state index in [2.05, 4.69) is 38.4 Å². The van der Waals surface area contributed by atoms with Gasteiger partial charge in [-0.25, -0.2) is 0 Å². The van der Waals surface area contributed by atoms with Gasteiger partial charge in [-0.1, -0.05) is 34.1 Å². The smallest absolute Gasteiger partial charge is 0.187 e. The third kappa shape index (κ3) is 5.04. The van der Waals surface area contributed by atoms with Crippen molar-refractivity contribution in [1.29, 1.82) is 0 Å². The molecule has 0 aliphatic carbocycles. The highest BCUT2D eigenvalue weighted by molar-refractivity contribution is 9.10. The number of rotatable bonds is 4. The van der Waals surface area contributed by atoms with Gasteiger partial charge in [-0.15, -0.1) is 6.58 Å². The second-order valence-electron chi connectivity index (χ2n) is 2.92. The molecule has 0 unspecified atom stereocenters. The fourth-order valence-electron chi connectivity index (χ4n) is 0.957. The van der Waals surface area contributed by atoms with E-state index in [1.807, 2.05) is 24.3 Å². The SMILES string of the molecule is C=CCNC(=S)N/N=C/c1cccc(Br)c1. The first-order valence-electron chi connectivity index (χ1n) is 4.66. The minimum Gasteiger partial charge on any atom is -0.358 e. The molecule has 1 aromatic rings. The molecule has 0 bridgehead atoms. The summed E-state index contributed by atoms with van der Waals surface area (Å²) in [6, 6.07) is 7.82. The van der Waals surface area contributed by atoms with Crippen LogP contribution in [0.5, 0.6) is 0 Å². The van der Waals surface area contributed by atoms with Gasteiger partial charge in [0, 0.05) is 11.0 Å². The van der Waals surface area contributed by atoms with E-state index >= 15 is 0 Å². The normalized spacial score (nSPS) is 10.1. The van der Waals surface area contributed by atoms with Crippen LogP contribution in [0.3, 0.4) is 0 Å². The van der Waals surface area contributed by atoms with Crippen LogP contribution in [0.2, 0.25) is 0 Å². The average Bonchev–Trinajstić information content (AvgIpc) is 2.26. The first-order chi connectivity index (χ1) is 7.72. The molecule has 0 saturated carbocycles. The third-order valence-corrected chi connectivity index (χ3v) is 2.36. The number of nitrogens with zero attached hydrogens (tertiary/aromatic N) is 1. The van der Waals surface area contributed by atoms with E-state index in [9.17, 15) is 0 Å². The Morgan fingerprint density at radius 1 is 1.56 bits per heavy atom. The second kappa shape index (κ2) is 7.14. The van der Waals surface area contributed by atoms with Crippen LogP contribution in [0.25, 0.3) is 0 Å². The largest absolute Gasteiger partial charge is 0.358 e. The monoisotopic (exact) mass is 297 g/mol. The summed E-state index contributed by atoms with van der Waals surface area (Å²) in [4.78, 5) is 0. The first kappa shape index (κ1) is 12.9. The molecule has 3 nitrogen and oxygen atoms in total. The molecule has 0 aliphatic rings. The van der Waals surface area contributed by atoms with Crippen molar-refractivity contribution < 1.29 is 0 Å². The number of nitrogens with one attached hydrogen (secondary N) is 2. The molecule has 0 amide bonds. The van der Waals surface area contributed by atoms with Gasteiger partial charge in [0.25, 0.3) is 0 Å². The Balaban J connectivity index is 2.42. The molecule has 1 rings (SSSR count). The molecular formula is C11H12BrN3S. The molecule has 1 aromatic carbocycles. The lowest BCUT2D eigenvalue weighted by Gasteiger charge is -2.02. The number of halogens is 1. The van der Waals surface area contributed by atoms with Crippen molar-refractivity contribution in [3.63, 3.8) is 0 Å². The van der Waals surface area contributed by atoms with E-state index in [0.29, 0.717) is 11.7 Å². The summed E-state index contributed by atoms with van der Waals surface area (Å²) in [6.45, 7) is 4.20. The topological polar surface area (TPSA) is 36.4 Å². The third-order valence-electron chi connectivity index (χ3n) is 1.64. The van der Waals surface area contributed by atoms with Crippen molar-refractivity contribution in [2.45, 2.75) is 0 Å². The van der Waals surface area contributed by atoms with Crippen molar-refractivity contribution in [2.24, 2.45) is 5.10 Å². The highest BCUT2D eigenvalue weighted by Gasteiger charge is 1.90. The molecular weight excluding hydrogens is 286 g/mol. The fourth-order valence-corrected chi connectivity index (χ4v) is 1.51. The summed E-state index contributed by atoms with van der Waals surface area (Å²) in [6.07, 6.45) is 3.43. The second-order valence-corrected chi connectivity index (χ2v) is 4.25. The summed E-state index contributed by atoms with van der Waals surface area (Å²) in [7, 11) is 0. The van der Waals surface area contributed by atoms with Gasteiger partial charge >= 0.3 is 0 Å². The Bertz CT molecular complexity index is 404. The standard InChI is InChI=1S/C11H12BrN3S/c1-2-6-13-11(16)15-14-8-9-4-3-5-10(12)7-9/h2-5,7-8H,1,6H2,(H2,13,15,16)/b14-8+. The zero-order valence-electron chi connectivity index (χ0n) is 8.61. The molecule has 0 atom stereocenters. The predicted octanol–water partition coefficient (Wildman–Crippen LogP) is 2.43. The summed E-state index contributed by atoms with van der Waals surface area (Å²) >= 11 is 8.35. The van der Waals surface area contributed by atoms with Crippen LogP contribution in [-0.4, -0.2) is 17.9 Å². The fraction of sp³-hybridized carbons (Fsp3) is 0.0909. The Kier molecular flexibility index (Phi) is 5.74. The molecule has 16 heavy (non-hydrogen) atoms. The minimum atomic E-state index is 0.478. The van der Waals surface area contributed by atoms with E-state index in [1.165, 1.54) is 0 Å². The van der Waals surface area contributed by atoms with Gasteiger partial charge in [0.15, 0.2) is 5.11 Å². The number of hydrogen-bond donors (Lipinski definition) is 2. The van der Waals surface area contributed by atoms with E-state index in [-0.39, 0.29) is 0 Å².